The van der Waals surface area contributed by atoms with Crippen molar-refractivity contribution in [1.29, 1.82) is 0 Å². The van der Waals surface area contributed by atoms with Crippen LogP contribution in [-0.2, 0) is 32.2 Å². The minimum Gasteiger partial charge on any atom is -0.397 e. The highest BCUT2D eigenvalue weighted by atomic mass is 16.7. The molecule has 51 heavy (non-hydrogen) atoms. The molecule has 9 heteroatoms. The van der Waals surface area contributed by atoms with E-state index in [9.17, 15) is 14.7 Å². The molecule has 1 aliphatic heterocycles. The van der Waals surface area contributed by atoms with Crippen molar-refractivity contribution >= 4 is 23.2 Å². The van der Waals surface area contributed by atoms with Gasteiger partial charge in [0.25, 0.3) is 0 Å². The van der Waals surface area contributed by atoms with Gasteiger partial charge in [-0.3, -0.25) is 9.59 Å². The van der Waals surface area contributed by atoms with E-state index in [-0.39, 0.29) is 30.6 Å². The van der Waals surface area contributed by atoms with Gasteiger partial charge in [-0.25, -0.2) is 0 Å². The fraction of sp³-hybridized carbons (Fsp3) is 0.333. The average Bonchev–Trinajstić information content (AvgIpc) is 3.15. The number of nitrogens with one attached hydrogen (secondary N) is 2. The van der Waals surface area contributed by atoms with Crippen LogP contribution in [0.1, 0.15) is 73.2 Å². The van der Waals surface area contributed by atoms with E-state index in [0.29, 0.717) is 43.6 Å². The first-order valence-electron chi connectivity index (χ1n) is 17.7. The van der Waals surface area contributed by atoms with Gasteiger partial charge in [-0.05, 0) is 59.8 Å². The summed E-state index contributed by atoms with van der Waals surface area (Å²) >= 11 is 0. The van der Waals surface area contributed by atoms with E-state index in [0.717, 1.165) is 59.3 Å². The van der Waals surface area contributed by atoms with Gasteiger partial charge in [0.1, 0.15) is 0 Å². The summed E-state index contributed by atoms with van der Waals surface area (Å²) in [5.74, 6) is -0.0893. The summed E-state index contributed by atoms with van der Waals surface area (Å²) in [6.45, 7) is 5.80. The lowest BCUT2D eigenvalue weighted by atomic mass is 9.97. The number of carbonyl (C=O) groups excluding carboxylic acids is 2. The van der Waals surface area contributed by atoms with Crippen LogP contribution in [-0.4, -0.2) is 48.1 Å². The Balaban J connectivity index is 1.14. The maximum absolute atomic E-state index is 12.7. The first-order valence-corrected chi connectivity index (χ1v) is 17.7. The third-order valence-electron chi connectivity index (χ3n) is 9.10. The van der Waals surface area contributed by atoms with Crippen LogP contribution in [0.3, 0.4) is 0 Å². The topological polar surface area (TPSA) is 126 Å². The SMILES string of the molecule is C=CCN(C)CC1CC(c2ccc(CO)cc2)OC(c2ccc(-c3ccccc3CNC(=O)CCCCCC(=O)Nc3ccccc3N)cc2)O1. The quantitative estimate of drug-likeness (QED) is 0.0521. The molecule has 1 heterocycles. The number of para-hydroxylation sites is 2. The second kappa shape index (κ2) is 19.0. The minimum absolute atomic E-state index is 0.00389. The molecule has 5 rings (SSSR count). The Morgan fingerprint density at radius 1 is 0.882 bits per heavy atom. The lowest BCUT2D eigenvalue weighted by molar-refractivity contribution is -0.252. The molecule has 0 spiro atoms. The molecule has 4 aromatic carbocycles. The van der Waals surface area contributed by atoms with Gasteiger partial charge in [0, 0.05) is 44.5 Å². The van der Waals surface area contributed by atoms with Crippen molar-refractivity contribution in [3.05, 3.63) is 132 Å². The highest BCUT2D eigenvalue weighted by Crippen LogP contribution is 2.39. The molecule has 0 bridgehead atoms. The minimum atomic E-state index is -0.538. The summed E-state index contributed by atoms with van der Waals surface area (Å²) in [6, 6.07) is 31.4. The van der Waals surface area contributed by atoms with Gasteiger partial charge < -0.3 is 35.8 Å². The molecule has 0 radical (unpaired) electrons. The van der Waals surface area contributed by atoms with Gasteiger partial charge in [0.05, 0.1) is 30.2 Å². The Hall–Kier alpha value is -4.80. The van der Waals surface area contributed by atoms with Crippen LogP contribution in [0.15, 0.2) is 110 Å². The molecule has 1 aliphatic rings. The molecule has 3 unspecified atom stereocenters. The number of rotatable bonds is 17. The number of likely N-dealkylation sites (N-methyl/N-ethyl adjacent to an activating group) is 1. The number of nitrogens with two attached hydrogens (primary N) is 1. The number of ether oxygens (including phenoxy) is 2. The van der Waals surface area contributed by atoms with Gasteiger partial charge in [-0.15, -0.1) is 6.58 Å². The van der Waals surface area contributed by atoms with Crippen molar-refractivity contribution in [2.75, 3.05) is 31.2 Å². The fourth-order valence-electron chi connectivity index (χ4n) is 6.31. The van der Waals surface area contributed by atoms with Crippen LogP contribution in [0.5, 0.6) is 0 Å². The van der Waals surface area contributed by atoms with E-state index in [2.05, 4.69) is 47.4 Å². The van der Waals surface area contributed by atoms with Gasteiger partial charge in [0.15, 0.2) is 6.29 Å². The van der Waals surface area contributed by atoms with Gasteiger partial charge in [-0.1, -0.05) is 97.4 Å². The molecule has 1 fully saturated rings. The predicted octanol–water partition coefficient (Wildman–Crippen LogP) is 7.30. The summed E-state index contributed by atoms with van der Waals surface area (Å²) in [5, 5.41) is 15.4. The summed E-state index contributed by atoms with van der Waals surface area (Å²) in [5.41, 5.74) is 13.0. The van der Waals surface area contributed by atoms with Crippen molar-refractivity contribution in [2.45, 2.75) is 70.2 Å². The monoisotopic (exact) mass is 690 g/mol. The third-order valence-corrected chi connectivity index (χ3v) is 9.10. The number of hydrogen-bond donors (Lipinski definition) is 4. The number of amides is 2. The first kappa shape index (κ1) is 37.5. The van der Waals surface area contributed by atoms with E-state index < -0.39 is 6.29 Å². The first-order chi connectivity index (χ1) is 24.8. The zero-order chi connectivity index (χ0) is 36.0. The number of aliphatic hydroxyl groups is 1. The summed E-state index contributed by atoms with van der Waals surface area (Å²) in [7, 11) is 2.06. The van der Waals surface area contributed by atoms with Crippen LogP contribution in [0.2, 0.25) is 0 Å². The van der Waals surface area contributed by atoms with E-state index in [1.54, 1.807) is 12.1 Å². The smallest absolute Gasteiger partial charge is 0.224 e. The van der Waals surface area contributed by atoms with Gasteiger partial charge >= 0.3 is 0 Å². The lowest BCUT2D eigenvalue weighted by Crippen LogP contribution is -2.37. The molecule has 0 saturated carbocycles. The molecular formula is C42H50N4O5. The van der Waals surface area contributed by atoms with Crippen molar-refractivity contribution in [1.82, 2.24) is 10.2 Å². The molecule has 4 aromatic rings. The number of anilines is 2. The second-order valence-electron chi connectivity index (χ2n) is 13.1. The van der Waals surface area contributed by atoms with Crippen LogP contribution in [0.25, 0.3) is 11.1 Å². The number of aliphatic hydroxyl groups excluding tert-OH is 1. The normalized spacial score (nSPS) is 17.2. The molecule has 2 amide bonds. The maximum atomic E-state index is 12.7. The highest BCUT2D eigenvalue weighted by molar-refractivity contribution is 5.93. The number of carbonyl (C=O) groups is 2. The number of nitrogens with zero attached hydrogens (tertiary/aromatic N) is 1. The highest BCUT2D eigenvalue weighted by Gasteiger charge is 2.32. The van der Waals surface area contributed by atoms with Crippen LogP contribution < -0.4 is 16.4 Å². The summed E-state index contributed by atoms with van der Waals surface area (Å²) < 4.78 is 13.0. The van der Waals surface area contributed by atoms with Crippen molar-refractivity contribution < 1.29 is 24.2 Å². The average molecular weight is 691 g/mol. The van der Waals surface area contributed by atoms with Gasteiger partial charge in [-0.2, -0.15) is 0 Å². The Bertz CT molecular complexity index is 1730. The van der Waals surface area contributed by atoms with Crippen molar-refractivity contribution in [3.63, 3.8) is 0 Å². The maximum Gasteiger partial charge on any atom is 0.224 e. The molecular weight excluding hydrogens is 640 g/mol. The van der Waals surface area contributed by atoms with Crippen LogP contribution in [0.4, 0.5) is 11.4 Å². The zero-order valence-corrected chi connectivity index (χ0v) is 29.4. The fourth-order valence-corrected chi connectivity index (χ4v) is 6.31. The van der Waals surface area contributed by atoms with E-state index in [1.807, 2.05) is 72.8 Å². The molecule has 0 aromatic heterocycles. The van der Waals surface area contributed by atoms with Crippen molar-refractivity contribution in [2.24, 2.45) is 0 Å². The van der Waals surface area contributed by atoms with Crippen molar-refractivity contribution in [3.8, 4) is 11.1 Å². The lowest BCUT2D eigenvalue weighted by Gasteiger charge is -2.37. The summed E-state index contributed by atoms with van der Waals surface area (Å²) in [4.78, 5) is 27.1. The molecule has 1 saturated heterocycles. The zero-order valence-electron chi connectivity index (χ0n) is 29.4. The Kier molecular flexibility index (Phi) is 13.9. The van der Waals surface area contributed by atoms with E-state index >= 15 is 0 Å². The Morgan fingerprint density at radius 2 is 1.57 bits per heavy atom. The van der Waals surface area contributed by atoms with E-state index in [1.165, 1.54) is 0 Å². The van der Waals surface area contributed by atoms with Gasteiger partial charge in [0.2, 0.25) is 11.8 Å². The number of unbranched alkanes of at least 4 members (excludes halogenated alkanes) is 2. The molecule has 3 atom stereocenters. The Labute approximate surface area is 301 Å². The summed E-state index contributed by atoms with van der Waals surface area (Å²) in [6.07, 6.45) is 4.86. The molecule has 5 N–H and O–H groups in total. The van der Waals surface area contributed by atoms with E-state index in [4.69, 9.17) is 15.2 Å². The number of hydrogen-bond acceptors (Lipinski definition) is 7. The second-order valence-corrected chi connectivity index (χ2v) is 13.1. The van der Waals surface area contributed by atoms with Crippen LogP contribution in [0, 0.1) is 0 Å². The molecule has 0 aliphatic carbocycles. The Morgan fingerprint density at radius 3 is 2.29 bits per heavy atom. The third kappa shape index (κ3) is 11.1. The molecule has 9 nitrogen and oxygen atoms in total. The standard InChI is InChI=1S/C42H50N4O5/c1-3-25-46(2)28-35-26-39(32-19-17-30(29-47)18-20-32)51-42(50-35)33-23-21-31(22-24-33)36-12-8-7-11-34(36)27-44-40(48)15-5-4-6-16-41(49)45-38-14-10-9-13-37(38)43/h3,7-14,17-24,35,39,42,47H,1,4-6,15-16,25-29,43H2,2H3,(H,44,48)(H,45,49). The van der Waals surface area contributed by atoms with Crippen LogP contribution >= 0.6 is 0 Å². The predicted molar refractivity (Wildman–Crippen MR) is 202 cm³/mol. The number of nitrogen functional groups attached to an aromatic ring is 1. The molecule has 268 valence electrons. The number of benzene rings is 4. The largest absolute Gasteiger partial charge is 0.397 e.